The predicted molar refractivity (Wildman–Crippen MR) is 272 cm³/mol. The summed E-state index contributed by atoms with van der Waals surface area (Å²) in [5, 5.41) is 12.6. The maximum Gasteiger partial charge on any atom is 0.0619 e. The summed E-state index contributed by atoms with van der Waals surface area (Å²) in [6.07, 6.45) is 0. The fraction of sp³-hybridized carbons (Fsp3) is 0. The molecule has 13 rings (SSSR count). The van der Waals surface area contributed by atoms with Crippen LogP contribution in [-0.2, 0) is 0 Å². The molecular weight excluding hydrogens is 781 g/mol. The Hall–Kier alpha value is -7.98. The molecule has 0 saturated carbocycles. The highest BCUT2D eigenvalue weighted by Gasteiger charge is 2.20. The summed E-state index contributed by atoms with van der Waals surface area (Å²) in [5.41, 5.74) is 11.8. The molecule has 2 heterocycles. The summed E-state index contributed by atoms with van der Waals surface area (Å²) in [6.45, 7) is 0. The van der Waals surface area contributed by atoms with Gasteiger partial charge in [0.25, 0.3) is 0 Å². The zero-order valence-electron chi connectivity index (χ0n) is 34.2. The zero-order chi connectivity index (χ0) is 41.4. The van der Waals surface area contributed by atoms with E-state index in [1.54, 1.807) is 0 Å². The lowest BCUT2D eigenvalue weighted by Gasteiger charge is -2.28. The Morgan fingerprint density at radius 3 is 1.75 bits per heavy atom. The van der Waals surface area contributed by atoms with Crippen LogP contribution in [0.5, 0.6) is 0 Å². The molecule has 3 heteroatoms. The highest BCUT2D eigenvalue weighted by molar-refractivity contribution is 7.26. The van der Waals surface area contributed by atoms with Crippen molar-refractivity contribution in [2.24, 2.45) is 0 Å². The lowest BCUT2D eigenvalue weighted by Crippen LogP contribution is -2.10. The summed E-state index contributed by atoms with van der Waals surface area (Å²) in [6, 6.07) is 84.7. The van der Waals surface area contributed by atoms with Crippen molar-refractivity contribution in [2.75, 3.05) is 4.90 Å². The van der Waals surface area contributed by atoms with E-state index in [2.05, 4.69) is 240 Å². The molecule has 2 aromatic heterocycles. The van der Waals surface area contributed by atoms with E-state index in [9.17, 15) is 0 Å². The fourth-order valence-corrected chi connectivity index (χ4v) is 11.3. The number of hydrogen-bond acceptors (Lipinski definition) is 2. The first-order valence-electron chi connectivity index (χ1n) is 21.6. The van der Waals surface area contributed by atoms with E-state index in [-0.39, 0.29) is 0 Å². The maximum atomic E-state index is 2.45. The van der Waals surface area contributed by atoms with Gasteiger partial charge in [-0.05, 0) is 98.4 Å². The number of thiophene rings is 1. The molecule has 13 aromatic rings. The Morgan fingerprint density at radius 2 is 0.952 bits per heavy atom. The molecule has 0 N–H and O–H groups in total. The van der Waals surface area contributed by atoms with Crippen molar-refractivity contribution >= 4 is 103 Å². The van der Waals surface area contributed by atoms with E-state index in [0.29, 0.717) is 0 Å². The third-order valence-corrected chi connectivity index (χ3v) is 14.2. The highest BCUT2D eigenvalue weighted by atomic mass is 32.1. The van der Waals surface area contributed by atoms with Gasteiger partial charge >= 0.3 is 0 Å². The number of para-hydroxylation sites is 1. The van der Waals surface area contributed by atoms with E-state index in [0.717, 1.165) is 22.7 Å². The molecule has 0 aliphatic rings. The topological polar surface area (TPSA) is 8.17 Å². The van der Waals surface area contributed by atoms with Gasteiger partial charge in [-0.3, -0.25) is 0 Å². The number of anilines is 3. The molecule has 0 saturated heterocycles. The van der Waals surface area contributed by atoms with Gasteiger partial charge in [0, 0.05) is 58.8 Å². The Balaban J connectivity index is 0.962. The molecule has 0 aliphatic heterocycles. The molecule has 0 unspecified atom stereocenters. The number of fused-ring (bicyclic) bond motifs is 11. The van der Waals surface area contributed by atoms with Gasteiger partial charge in [-0.2, -0.15) is 0 Å². The molecule has 2 nitrogen and oxygen atoms in total. The van der Waals surface area contributed by atoms with Crippen molar-refractivity contribution in [3.05, 3.63) is 231 Å². The minimum atomic E-state index is 1.10. The molecule has 0 bridgehead atoms. The van der Waals surface area contributed by atoms with Crippen molar-refractivity contribution < 1.29 is 0 Å². The first-order chi connectivity index (χ1) is 31.2. The number of benzene rings is 11. The summed E-state index contributed by atoms with van der Waals surface area (Å²) in [7, 11) is 0. The first-order valence-corrected chi connectivity index (χ1v) is 22.4. The second-order valence-electron chi connectivity index (χ2n) is 16.5. The third-order valence-electron chi connectivity index (χ3n) is 13.0. The van der Waals surface area contributed by atoms with Crippen molar-refractivity contribution in [3.8, 4) is 27.9 Å². The van der Waals surface area contributed by atoms with E-state index in [1.165, 1.54) is 96.5 Å². The van der Waals surface area contributed by atoms with Crippen LogP contribution in [0.3, 0.4) is 0 Å². The first kappa shape index (κ1) is 35.7. The molecule has 294 valence electrons. The molecule has 63 heavy (non-hydrogen) atoms. The van der Waals surface area contributed by atoms with Crippen molar-refractivity contribution in [1.29, 1.82) is 0 Å². The largest absolute Gasteiger partial charge is 0.310 e. The molecule has 0 fully saturated rings. The molecular formula is C60H38N2S. The van der Waals surface area contributed by atoms with Crippen LogP contribution >= 0.6 is 11.3 Å². The average Bonchev–Trinajstić information content (AvgIpc) is 3.91. The molecule has 0 atom stereocenters. The minimum absolute atomic E-state index is 1.10. The van der Waals surface area contributed by atoms with Crippen LogP contribution in [0.4, 0.5) is 17.1 Å². The van der Waals surface area contributed by atoms with Crippen LogP contribution in [0.2, 0.25) is 0 Å². The predicted octanol–water partition coefficient (Wildman–Crippen LogP) is 17.4. The van der Waals surface area contributed by atoms with Gasteiger partial charge in [-0.15, -0.1) is 11.3 Å². The van der Waals surface area contributed by atoms with Gasteiger partial charge in [0.15, 0.2) is 0 Å². The zero-order valence-corrected chi connectivity index (χ0v) is 35.1. The SMILES string of the molecule is c1ccc(-n2c3cc(-c4ccc(N(c5ccc(-c6cccc7c6sc6ccccc67)cc5)c5cc6ccccc6c6ccccc56)cc4)ccc3c3ccc4ccccc4c32)cc1. The van der Waals surface area contributed by atoms with Crippen LogP contribution in [0.1, 0.15) is 0 Å². The van der Waals surface area contributed by atoms with E-state index in [1.807, 2.05) is 11.3 Å². The van der Waals surface area contributed by atoms with Crippen LogP contribution in [0.15, 0.2) is 231 Å². The van der Waals surface area contributed by atoms with Crippen LogP contribution in [0.25, 0.3) is 102 Å². The lowest BCUT2D eigenvalue weighted by atomic mass is 9.98. The van der Waals surface area contributed by atoms with Gasteiger partial charge in [0.05, 0.1) is 16.7 Å². The van der Waals surface area contributed by atoms with E-state index in [4.69, 9.17) is 0 Å². The molecule has 0 aliphatic carbocycles. The van der Waals surface area contributed by atoms with Crippen molar-refractivity contribution in [1.82, 2.24) is 4.57 Å². The second-order valence-corrected chi connectivity index (χ2v) is 17.5. The number of aromatic nitrogens is 1. The normalized spacial score (nSPS) is 11.8. The summed E-state index contributed by atoms with van der Waals surface area (Å²) in [4.78, 5) is 2.43. The standard InChI is InChI=1S/C60H38N2S/c1-2-15-44(16-3-1)62-57-37-42(30-35-52(57)54-36-29-40-13-4-7-18-48(40)59(54)62)39-25-31-45(32-26-39)61(56-38-43-14-5-6-17-47(43)50-19-8-9-20-51(50)56)46-33-27-41(28-34-46)49-22-12-23-55-53-21-10-11-24-58(53)63-60(49)55/h1-38H. The smallest absolute Gasteiger partial charge is 0.0619 e. The van der Waals surface area contributed by atoms with Gasteiger partial charge in [0.1, 0.15) is 0 Å². The molecule has 0 amide bonds. The minimum Gasteiger partial charge on any atom is -0.310 e. The fourth-order valence-electron chi connectivity index (χ4n) is 10.0. The Bertz CT molecular complexity index is 3900. The van der Waals surface area contributed by atoms with Gasteiger partial charge in [-0.25, -0.2) is 0 Å². The van der Waals surface area contributed by atoms with Gasteiger partial charge in [-0.1, -0.05) is 176 Å². The quantitative estimate of drug-likeness (QED) is 0.152. The van der Waals surface area contributed by atoms with Crippen LogP contribution < -0.4 is 4.90 Å². The average molecular weight is 819 g/mol. The van der Waals surface area contributed by atoms with Gasteiger partial charge in [0.2, 0.25) is 0 Å². The molecule has 0 radical (unpaired) electrons. The van der Waals surface area contributed by atoms with Crippen molar-refractivity contribution in [2.45, 2.75) is 0 Å². The number of hydrogen-bond donors (Lipinski definition) is 0. The number of rotatable bonds is 6. The number of nitrogens with zero attached hydrogens (tertiary/aromatic N) is 2. The summed E-state index contributed by atoms with van der Waals surface area (Å²) in [5.74, 6) is 0. The monoisotopic (exact) mass is 818 g/mol. The Kier molecular flexibility index (Phi) is 8.12. The molecule has 11 aromatic carbocycles. The molecule has 0 spiro atoms. The summed E-state index contributed by atoms with van der Waals surface area (Å²) < 4.78 is 5.10. The second kappa shape index (κ2) is 14.3. The van der Waals surface area contributed by atoms with Crippen LogP contribution in [-0.4, -0.2) is 4.57 Å². The van der Waals surface area contributed by atoms with Gasteiger partial charge < -0.3 is 9.47 Å². The summed E-state index contributed by atoms with van der Waals surface area (Å²) >= 11 is 1.88. The Labute approximate surface area is 368 Å². The highest BCUT2D eigenvalue weighted by Crippen LogP contribution is 2.45. The van der Waals surface area contributed by atoms with Crippen molar-refractivity contribution in [3.63, 3.8) is 0 Å². The van der Waals surface area contributed by atoms with E-state index >= 15 is 0 Å². The van der Waals surface area contributed by atoms with Crippen LogP contribution in [0, 0.1) is 0 Å². The lowest BCUT2D eigenvalue weighted by molar-refractivity contribution is 1.19. The third kappa shape index (κ3) is 5.71. The maximum absolute atomic E-state index is 2.45. The Morgan fingerprint density at radius 1 is 0.349 bits per heavy atom. The van der Waals surface area contributed by atoms with E-state index < -0.39 is 0 Å².